The van der Waals surface area contributed by atoms with Crippen LogP contribution < -0.4 is 20.7 Å². The van der Waals surface area contributed by atoms with E-state index in [1.54, 1.807) is 0 Å². The molecule has 8 heteroatoms. The molecule has 35 heavy (non-hydrogen) atoms. The second kappa shape index (κ2) is 9.72. The minimum Gasteiger partial charge on any atom is -0.494 e. The Balaban J connectivity index is 1.42. The second-order valence-corrected chi connectivity index (χ2v) is 7.98. The first kappa shape index (κ1) is 22.2. The number of benzene rings is 3. The summed E-state index contributed by atoms with van der Waals surface area (Å²) in [5, 5.41) is 9.28. The average molecular weight is 468 g/mol. The molecule has 5 rings (SSSR count). The summed E-state index contributed by atoms with van der Waals surface area (Å²) < 4.78 is 11.3. The monoisotopic (exact) mass is 467 g/mol. The van der Waals surface area contributed by atoms with Crippen LogP contribution >= 0.6 is 0 Å². The summed E-state index contributed by atoms with van der Waals surface area (Å²) in [5.74, 6) is 0.958. The first-order valence-corrected chi connectivity index (χ1v) is 11.4. The van der Waals surface area contributed by atoms with Gasteiger partial charge in [0.25, 0.3) is 5.91 Å². The Labute approximate surface area is 202 Å². The summed E-state index contributed by atoms with van der Waals surface area (Å²) in [4.78, 5) is 22.7. The van der Waals surface area contributed by atoms with Crippen molar-refractivity contribution < 1.29 is 13.9 Å². The van der Waals surface area contributed by atoms with Gasteiger partial charge in [0.05, 0.1) is 12.2 Å². The molecule has 0 spiro atoms. The molecule has 176 valence electrons. The standard InChI is InChI=1S/C27H25N5O3/c1-3-34-20-15-13-19(14-16-20)29-25(33)23-17(2)28-26(31-24(23)18-9-5-4-6-10-18)32-27-30-21-11-7-8-12-22(21)35-27/h4-16,24H,3H2,1-2H3,(H,29,33)(H2,28,30,31,32). The Morgan fingerprint density at radius 3 is 2.51 bits per heavy atom. The van der Waals surface area contributed by atoms with Crippen molar-refractivity contribution in [2.45, 2.75) is 19.9 Å². The molecule has 1 aliphatic heterocycles. The van der Waals surface area contributed by atoms with Crippen LogP contribution in [-0.4, -0.2) is 23.5 Å². The van der Waals surface area contributed by atoms with Crippen molar-refractivity contribution in [1.29, 1.82) is 0 Å². The number of hydrogen-bond acceptors (Lipinski definition) is 7. The number of aromatic nitrogens is 1. The predicted molar refractivity (Wildman–Crippen MR) is 136 cm³/mol. The maximum atomic E-state index is 13.4. The van der Waals surface area contributed by atoms with E-state index in [0.29, 0.717) is 41.1 Å². The fourth-order valence-corrected chi connectivity index (χ4v) is 3.94. The maximum absolute atomic E-state index is 13.4. The number of nitrogens with one attached hydrogen (secondary N) is 3. The molecule has 3 aromatic carbocycles. The number of para-hydroxylation sites is 2. The summed E-state index contributed by atoms with van der Waals surface area (Å²) >= 11 is 0. The van der Waals surface area contributed by atoms with Crippen molar-refractivity contribution in [2.24, 2.45) is 4.99 Å². The van der Waals surface area contributed by atoms with Gasteiger partial charge in [0, 0.05) is 11.4 Å². The SMILES string of the molecule is CCOc1ccc(NC(=O)C2=C(C)NC(Nc3nc4ccccc4o3)=NC2c2ccccc2)cc1. The third-order valence-electron chi connectivity index (χ3n) is 5.54. The Bertz CT molecular complexity index is 1370. The van der Waals surface area contributed by atoms with Crippen molar-refractivity contribution in [1.82, 2.24) is 10.3 Å². The number of carbonyl (C=O) groups excluding carboxylic acids is 1. The van der Waals surface area contributed by atoms with Gasteiger partial charge < -0.3 is 19.8 Å². The summed E-state index contributed by atoms with van der Waals surface area (Å²) in [6.07, 6.45) is 0. The molecule has 3 N–H and O–H groups in total. The van der Waals surface area contributed by atoms with Crippen LogP contribution in [0.3, 0.4) is 0 Å². The van der Waals surface area contributed by atoms with Gasteiger partial charge >= 0.3 is 6.01 Å². The minimum atomic E-state index is -0.521. The van der Waals surface area contributed by atoms with Gasteiger partial charge in [0.15, 0.2) is 5.58 Å². The Hall–Kier alpha value is -4.59. The molecule has 1 atom stereocenters. The van der Waals surface area contributed by atoms with Crippen LogP contribution in [0.1, 0.15) is 25.5 Å². The van der Waals surface area contributed by atoms with Crippen LogP contribution in [0.15, 0.2) is 99.5 Å². The fourth-order valence-electron chi connectivity index (χ4n) is 3.94. The number of guanidine groups is 1. The number of allylic oxidation sites excluding steroid dienone is 1. The normalized spacial score (nSPS) is 15.4. The highest BCUT2D eigenvalue weighted by Crippen LogP contribution is 2.32. The number of amides is 1. The van der Waals surface area contributed by atoms with E-state index in [0.717, 1.165) is 16.8 Å². The number of rotatable bonds is 6. The van der Waals surface area contributed by atoms with Gasteiger partial charge in [-0.2, -0.15) is 4.98 Å². The Kier molecular flexibility index (Phi) is 6.17. The van der Waals surface area contributed by atoms with Crippen molar-refractivity contribution in [3.63, 3.8) is 0 Å². The van der Waals surface area contributed by atoms with Crippen LogP contribution in [0.2, 0.25) is 0 Å². The number of fused-ring (bicyclic) bond motifs is 1. The number of anilines is 2. The lowest BCUT2D eigenvalue weighted by Crippen LogP contribution is -2.37. The second-order valence-electron chi connectivity index (χ2n) is 7.98. The van der Waals surface area contributed by atoms with Gasteiger partial charge in [0.2, 0.25) is 5.96 Å². The summed E-state index contributed by atoms with van der Waals surface area (Å²) in [6.45, 7) is 4.37. The van der Waals surface area contributed by atoms with Gasteiger partial charge in [-0.25, -0.2) is 4.99 Å². The summed E-state index contributed by atoms with van der Waals surface area (Å²) in [5.41, 5.74) is 4.18. The van der Waals surface area contributed by atoms with Crippen LogP contribution in [0.25, 0.3) is 11.1 Å². The Morgan fingerprint density at radius 1 is 1.03 bits per heavy atom. The van der Waals surface area contributed by atoms with Gasteiger partial charge in [-0.1, -0.05) is 42.5 Å². The maximum Gasteiger partial charge on any atom is 0.302 e. The van der Waals surface area contributed by atoms with E-state index in [2.05, 4.69) is 20.9 Å². The van der Waals surface area contributed by atoms with Gasteiger partial charge in [-0.05, 0) is 55.8 Å². The minimum absolute atomic E-state index is 0.238. The lowest BCUT2D eigenvalue weighted by Gasteiger charge is -2.26. The van der Waals surface area contributed by atoms with E-state index >= 15 is 0 Å². The molecular formula is C27H25N5O3. The first-order valence-electron chi connectivity index (χ1n) is 11.4. The van der Waals surface area contributed by atoms with E-state index < -0.39 is 6.04 Å². The molecule has 1 amide bonds. The molecule has 2 heterocycles. The molecule has 1 unspecified atom stereocenters. The van der Waals surface area contributed by atoms with Crippen LogP contribution in [0.5, 0.6) is 5.75 Å². The highest BCUT2D eigenvalue weighted by atomic mass is 16.5. The number of ether oxygens (including phenoxy) is 1. The van der Waals surface area contributed by atoms with E-state index in [1.165, 1.54) is 0 Å². The average Bonchev–Trinajstić information content (AvgIpc) is 3.28. The molecule has 0 saturated heterocycles. The largest absolute Gasteiger partial charge is 0.494 e. The molecule has 0 radical (unpaired) electrons. The Morgan fingerprint density at radius 2 is 1.77 bits per heavy atom. The van der Waals surface area contributed by atoms with Gasteiger partial charge in [-0.3, -0.25) is 10.1 Å². The molecule has 4 aromatic rings. The highest BCUT2D eigenvalue weighted by Gasteiger charge is 2.29. The third kappa shape index (κ3) is 4.86. The smallest absolute Gasteiger partial charge is 0.302 e. The van der Waals surface area contributed by atoms with E-state index in [9.17, 15) is 4.79 Å². The highest BCUT2D eigenvalue weighted by molar-refractivity contribution is 6.07. The molecule has 0 fully saturated rings. The molecular weight excluding hydrogens is 442 g/mol. The topological polar surface area (TPSA) is 101 Å². The molecule has 0 aliphatic carbocycles. The molecule has 0 bridgehead atoms. The van der Waals surface area contributed by atoms with E-state index in [1.807, 2.05) is 92.7 Å². The fraction of sp³-hybridized carbons (Fsp3) is 0.148. The number of aliphatic imine (C=N–C) groups is 1. The summed E-state index contributed by atoms with van der Waals surface area (Å²) in [7, 11) is 0. The van der Waals surface area contributed by atoms with Crippen LogP contribution in [0.4, 0.5) is 11.7 Å². The number of carbonyl (C=O) groups is 1. The summed E-state index contributed by atoms with van der Waals surface area (Å²) in [6, 6.07) is 24.3. The number of oxazole rings is 1. The zero-order valence-corrected chi connectivity index (χ0v) is 19.4. The number of hydrogen-bond donors (Lipinski definition) is 3. The predicted octanol–water partition coefficient (Wildman–Crippen LogP) is 5.25. The first-order chi connectivity index (χ1) is 17.1. The number of nitrogens with zero attached hydrogens (tertiary/aromatic N) is 2. The lowest BCUT2D eigenvalue weighted by atomic mass is 9.95. The molecule has 0 saturated carbocycles. The molecule has 1 aromatic heterocycles. The van der Waals surface area contributed by atoms with Crippen molar-refractivity contribution >= 4 is 34.7 Å². The van der Waals surface area contributed by atoms with Crippen molar-refractivity contribution in [2.75, 3.05) is 17.2 Å². The molecule has 1 aliphatic rings. The van der Waals surface area contributed by atoms with Crippen LogP contribution in [0, 0.1) is 0 Å². The van der Waals surface area contributed by atoms with Crippen molar-refractivity contribution in [3.8, 4) is 5.75 Å². The van der Waals surface area contributed by atoms with Gasteiger partial charge in [0.1, 0.15) is 17.3 Å². The van der Waals surface area contributed by atoms with Crippen molar-refractivity contribution in [3.05, 3.63) is 95.7 Å². The molecule has 8 nitrogen and oxygen atoms in total. The third-order valence-corrected chi connectivity index (χ3v) is 5.54. The lowest BCUT2D eigenvalue weighted by molar-refractivity contribution is -0.113. The van der Waals surface area contributed by atoms with Gasteiger partial charge in [-0.15, -0.1) is 0 Å². The quantitative estimate of drug-likeness (QED) is 0.358. The van der Waals surface area contributed by atoms with Crippen LogP contribution in [-0.2, 0) is 4.79 Å². The zero-order chi connectivity index (χ0) is 24.2. The van der Waals surface area contributed by atoms with E-state index in [4.69, 9.17) is 14.1 Å². The van der Waals surface area contributed by atoms with E-state index in [-0.39, 0.29) is 5.91 Å². The zero-order valence-electron chi connectivity index (χ0n) is 19.4.